The van der Waals surface area contributed by atoms with Gasteiger partial charge in [0.15, 0.2) is 0 Å². The minimum Gasteiger partial charge on any atom is -0.366 e. The van der Waals surface area contributed by atoms with Crippen molar-refractivity contribution in [3.63, 3.8) is 0 Å². The van der Waals surface area contributed by atoms with Crippen LogP contribution in [0.4, 0.5) is 0 Å². The van der Waals surface area contributed by atoms with Gasteiger partial charge in [0.2, 0.25) is 5.91 Å². The first-order valence-corrected chi connectivity index (χ1v) is 7.46. The predicted octanol–water partition coefficient (Wildman–Crippen LogP) is 0.306. The highest BCUT2D eigenvalue weighted by Gasteiger charge is 2.30. The number of hydrogen-bond acceptors (Lipinski definition) is 4. The first-order chi connectivity index (χ1) is 11.1. The number of primary amides is 1. The van der Waals surface area contributed by atoms with Crippen molar-refractivity contribution < 1.29 is 9.59 Å². The molecule has 0 saturated carbocycles. The molecule has 0 bridgehead atoms. The Balaban J connectivity index is 1.86. The molecule has 1 saturated heterocycles. The van der Waals surface area contributed by atoms with E-state index in [1.807, 2.05) is 22.7 Å². The number of benzene rings is 1. The lowest BCUT2D eigenvalue weighted by Crippen LogP contribution is -2.49. The van der Waals surface area contributed by atoms with E-state index in [9.17, 15) is 9.59 Å². The Kier molecular flexibility index (Phi) is 4.12. The number of hydrogen-bond donors (Lipinski definition) is 2. The molecule has 1 aromatic heterocycles. The van der Waals surface area contributed by atoms with Gasteiger partial charge in [0.05, 0.1) is 0 Å². The van der Waals surface area contributed by atoms with Crippen LogP contribution < -0.4 is 11.1 Å². The van der Waals surface area contributed by atoms with Crippen LogP contribution in [0.15, 0.2) is 36.7 Å². The van der Waals surface area contributed by atoms with Crippen molar-refractivity contribution in [2.45, 2.75) is 6.04 Å². The number of nitrogens with two attached hydrogens (primary N) is 1. The Labute approximate surface area is 134 Å². The van der Waals surface area contributed by atoms with Gasteiger partial charge in [-0.15, -0.1) is 0 Å². The third-order valence-electron chi connectivity index (χ3n) is 4.08. The molecule has 2 aromatic rings. The molecule has 1 aliphatic heterocycles. The molecule has 0 spiro atoms. The average molecular weight is 313 g/mol. The second-order valence-electron chi connectivity index (χ2n) is 5.56. The lowest BCUT2D eigenvalue weighted by atomic mass is 10.1. The number of nitrogens with one attached hydrogen (secondary N) is 1. The lowest BCUT2D eigenvalue weighted by molar-refractivity contribution is 0.0620. The summed E-state index contributed by atoms with van der Waals surface area (Å²) in [5.74, 6) is 0.270. The number of aryl methyl sites for hydroxylation is 1. The fourth-order valence-electron chi connectivity index (χ4n) is 2.82. The largest absolute Gasteiger partial charge is 0.366 e. The van der Waals surface area contributed by atoms with E-state index < -0.39 is 5.91 Å². The van der Waals surface area contributed by atoms with E-state index in [-0.39, 0.29) is 11.9 Å². The predicted molar refractivity (Wildman–Crippen MR) is 84.8 cm³/mol. The summed E-state index contributed by atoms with van der Waals surface area (Å²) in [7, 11) is 1.92. The zero-order valence-corrected chi connectivity index (χ0v) is 12.9. The molecule has 7 nitrogen and oxygen atoms in total. The molecule has 1 atom stereocenters. The van der Waals surface area contributed by atoms with Crippen LogP contribution in [0.2, 0.25) is 0 Å². The van der Waals surface area contributed by atoms with Gasteiger partial charge in [-0.05, 0) is 24.3 Å². The number of rotatable bonds is 3. The number of imidazole rings is 1. The van der Waals surface area contributed by atoms with Gasteiger partial charge in [-0.3, -0.25) is 9.59 Å². The monoisotopic (exact) mass is 313 g/mol. The minimum absolute atomic E-state index is 0.0736. The van der Waals surface area contributed by atoms with Crippen LogP contribution in [0.5, 0.6) is 0 Å². The van der Waals surface area contributed by atoms with Gasteiger partial charge in [-0.2, -0.15) is 0 Å². The minimum atomic E-state index is -0.503. The van der Waals surface area contributed by atoms with Crippen molar-refractivity contribution >= 4 is 11.8 Å². The number of nitrogens with zero attached hydrogens (tertiary/aromatic N) is 3. The zero-order valence-electron chi connectivity index (χ0n) is 12.9. The van der Waals surface area contributed by atoms with Crippen LogP contribution in [0.3, 0.4) is 0 Å². The Morgan fingerprint density at radius 1 is 1.26 bits per heavy atom. The summed E-state index contributed by atoms with van der Waals surface area (Å²) < 4.78 is 1.92. The van der Waals surface area contributed by atoms with Crippen molar-refractivity contribution in [3.05, 3.63) is 53.6 Å². The van der Waals surface area contributed by atoms with Crippen LogP contribution in [0.25, 0.3) is 0 Å². The smallest absolute Gasteiger partial charge is 0.254 e. The van der Waals surface area contributed by atoms with Crippen molar-refractivity contribution in [2.75, 3.05) is 19.6 Å². The fourth-order valence-corrected chi connectivity index (χ4v) is 2.82. The van der Waals surface area contributed by atoms with E-state index in [1.54, 1.807) is 30.5 Å². The normalized spacial score (nSPS) is 18.0. The lowest BCUT2D eigenvalue weighted by Gasteiger charge is -2.35. The topological polar surface area (TPSA) is 93.2 Å². The Hall–Kier alpha value is -2.67. The molecule has 1 aromatic carbocycles. The van der Waals surface area contributed by atoms with Gasteiger partial charge in [-0.25, -0.2) is 4.98 Å². The third kappa shape index (κ3) is 2.95. The van der Waals surface area contributed by atoms with Crippen molar-refractivity contribution in [2.24, 2.45) is 12.8 Å². The van der Waals surface area contributed by atoms with Crippen LogP contribution in [-0.2, 0) is 7.05 Å². The molecular weight excluding hydrogens is 294 g/mol. The van der Waals surface area contributed by atoms with E-state index in [2.05, 4.69) is 10.3 Å². The molecule has 120 valence electrons. The summed E-state index contributed by atoms with van der Waals surface area (Å²) in [6.45, 7) is 2.01. The molecule has 1 fully saturated rings. The summed E-state index contributed by atoms with van der Waals surface area (Å²) in [5, 5.41) is 3.30. The van der Waals surface area contributed by atoms with E-state index in [4.69, 9.17) is 5.73 Å². The van der Waals surface area contributed by atoms with Crippen molar-refractivity contribution in [1.29, 1.82) is 0 Å². The van der Waals surface area contributed by atoms with E-state index in [0.717, 1.165) is 12.4 Å². The highest BCUT2D eigenvalue weighted by molar-refractivity contribution is 5.97. The van der Waals surface area contributed by atoms with E-state index in [1.165, 1.54) is 0 Å². The molecule has 7 heteroatoms. The van der Waals surface area contributed by atoms with E-state index >= 15 is 0 Å². The molecule has 0 aliphatic carbocycles. The highest BCUT2D eigenvalue weighted by Crippen LogP contribution is 2.22. The average Bonchev–Trinajstić information content (AvgIpc) is 3.00. The number of aromatic nitrogens is 2. The van der Waals surface area contributed by atoms with Crippen LogP contribution in [-0.4, -0.2) is 45.9 Å². The fraction of sp³-hybridized carbons (Fsp3) is 0.312. The number of amides is 2. The van der Waals surface area contributed by atoms with Gasteiger partial charge >= 0.3 is 0 Å². The quantitative estimate of drug-likeness (QED) is 0.852. The number of piperazine rings is 1. The Morgan fingerprint density at radius 3 is 2.57 bits per heavy atom. The molecule has 0 radical (unpaired) electrons. The van der Waals surface area contributed by atoms with Crippen LogP contribution in [0, 0.1) is 0 Å². The van der Waals surface area contributed by atoms with Crippen molar-refractivity contribution in [1.82, 2.24) is 19.8 Å². The second-order valence-corrected chi connectivity index (χ2v) is 5.56. The summed E-state index contributed by atoms with van der Waals surface area (Å²) in [6, 6.07) is 6.31. The van der Waals surface area contributed by atoms with Gasteiger partial charge < -0.3 is 20.5 Å². The number of carbonyl (C=O) groups is 2. The third-order valence-corrected chi connectivity index (χ3v) is 4.08. The molecule has 2 heterocycles. The summed E-state index contributed by atoms with van der Waals surface area (Å²) >= 11 is 0. The van der Waals surface area contributed by atoms with Crippen molar-refractivity contribution in [3.8, 4) is 0 Å². The first kappa shape index (κ1) is 15.2. The molecule has 23 heavy (non-hydrogen) atoms. The molecular formula is C16H19N5O2. The molecule has 1 unspecified atom stereocenters. The molecule has 3 N–H and O–H groups in total. The summed E-state index contributed by atoms with van der Waals surface area (Å²) in [4.78, 5) is 30.2. The molecule has 3 rings (SSSR count). The SMILES string of the molecule is Cn1ccnc1C1CNCCN1C(=O)c1ccc(C(N)=O)cc1. The maximum Gasteiger partial charge on any atom is 0.254 e. The molecule has 2 amide bonds. The van der Waals surface area contributed by atoms with Gasteiger partial charge in [0.1, 0.15) is 11.9 Å². The van der Waals surface area contributed by atoms with Gasteiger partial charge in [0, 0.05) is 50.2 Å². The van der Waals surface area contributed by atoms with Gasteiger partial charge in [0.25, 0.3) is 5.91 Å². The Bertz CT molecular complexity index is 722. The molecule has 1 aliphatic rings. The van der Waals surface area contributed by atoms with Crippen LogP contribution in [0.1, 0.15) is 32.6 Å². The first-order valence-electron chi connectivity index (χ1n) is 7.46. The maximum absolute atomic E-state index is 12.8. The van der Waals surface area contributed by atoms with Crippen LogP contribution >= 0.6 is 0 Å². The zero-order chi connectivity index (χ0) is 16.4. The Morgan fingerprint density at radius 2 is 1.96 bits per heavy atom. The number of carbonyl (C=O) groups excluding carboxylic acids is 2. The summed E-state index contributed by atoms with van der Waals surface area (Å²) in [6.07, 6.45) is 3.60. The van der Waals surface area contributed by atoms with E-state index in [0.29, 0.717) is 24.2 Å². The van der Waals surface area contributed by atoms with Gasteiger partial charge in [-0.1, -0.05) is 0 Å². The summed E-state index contributed by atoms with van der Waals surface area (Å²) in [5.41, 5.74) is 6.16. The standard InChI is InChI=1S/C16H19N5O2/c1-20-8-7-19-15(20)13-10-18-6-9-21(13)16(23)12-4-2-11(3-5-12)14(17)22/h2-5,7-8,13,18H,6,9-10H2,1H3,(H2,17,22). The second kappa shape index (κ2) is 6.21. The highest BCUT2D eigenvalue weighted by atomic mass is 16.2. The maximum atomic E-state index is 12.8.